The molecule has 0 N–H and O–H groups in total. The summed E-state index contributed by atoms with van der Waals surface area (Å²) in [6, 6.07) is 8.01. The molecular weight excluding hydrogens is 298 g/mol. The molecule has 0 bridgehead atoms. The molecule has 0 aliphatic rings. The third kappa shape index (κ3) is 3.56. The first kappa shape index (κ1) is 16.8. The average molecular weight is 325 g/mol. The highest BCUT2D eigenvalue weighted by Crippen LogP contribution is 2.19. The predicted octanol–water partition coefficient (Wildman–Crippen LogP) is 3.86. The van der Waals surface area contributed by atoms with E-state index in [-0.39, 0.29) is 0 Å². The lowest BCUT2D eigenvalue weighted by molar-refractivity contribution is 0.168. The van der Waals surface area contributed by atoms with Gasteiger partial charge in [-0.15, -0.1) is 0 Å². The van der Waals surface area contributed by atoms with Crippen molar-refractivity contribution in [3.8, 4) is 0 Å². The Hall–Kier alpha value is -2.01. The zero-order valence-electron chi connectivity index (χ0n) is 15.3. The molecule has 0 aliphatic heterocycles. The molecule has 0 saturated heterocycles. The molecule has 128 valence electrons. The van der Waals surface area contributed by atoms with Crippen LogP contribution in [0.5, 0.6) is 0 Å². The molecular formula is C19H27N5. The summed E-state index contributed by atoms with van der Waals surface area (Å²) in [5.41, 5.74) is 4.57. The Kier molecular flexibility index (Phi) is 4.81. The van der Waals surface area contributed by atoms with Crippen molar-refractivity contribution in [1.82, 2.24) is 24.6 Å². The molecule has 0 saturated carbocycles. The van der Waals surface area contributed by atoms with Crippen LogP contribution >= 0.6 is 0 Å². The molecule has 0 spiro atoms. The summed E-state index contributed by atoms with van der Waals surface area (Å²) in [6.07, 6.45) is 0. The van der Waals surface area contributed by atoms with Crippen LogP contribution in [0.15, 0.2) is 24.3 Å². The fourth-order valence-electron chi connectivity index (χ4n) is 3.20. The molecule has 0 radical (unpaired) electrons. The van der Waals surface area contributed by atoms with Crippen molar-refractivity contribution in [3.05, 3.63) is 30.0 Å². The fraction of sp³-hybridized carbons (Fsp3) is 0.526. The lowest BCUT2D eigenvalue weighted by atomic mass is 10.1. The van der Waals surface area contributed by atoms with E-state index in [2.05, 4.69) is 32.6 Å². The second-order valence-electron chi connectivity index (χ2n) is 7.43. The molecule has 3 aromatic rings. The van der Waals surface area contributed by atoms with Gasteiger partial charge in [-0.2, -0.15) is 5.10 Å². The second kappa shape index (κ2) is 6.85. The van der Waals surface area contributed by atoms with Gasteiger partial charge < -0.3 is 0 Å². The maximum absolute atomic E-state index is 4.82. The van der Waals surface area contributed by atoms with Crippen molar-refractivity contribution < 1.29 is 0 Å². The Bertz CT molecular complexity index is 824. The minimum absolute atomic E-state index is 0.624. The Morgan fingerprint density at radius 3 is 2.12 bits per heavy atom. The van der Waals surface area contributed by atoms with E-state index < -0.39 is 0 Å². The summed E-state index contributed by atoms with van der Waals surface area (Å²) < 4.78 is 2.01. The van der Waals surface area contributed by atoms with Crippen molar-refractivity contribution >= 4 is 22.2 Å². The summed E-state index contributed by atoms with van der Waals surface area (Å²) in [5.74, 6) is 1.25. The van der Waals surface area contributed by atoms with Crippen LogP contribution in [-0.2, 0) is 6.67 Å². The molecule has 2 aromatic heterocycles. The number of benzene rings is 1. The van der Waals surface area contributed by atoms with Crippen LogP contribution in [0.4, 0.5) is 0 Å². The number of fused-ring (bicyclic) bond motifs is 2. The van der Waals surface area contributed by atoms with Crippen LogP contribution in [0.3, 0.4) is 0 Å². The van der Waals surface area contributed by atoms with E-state index in [1.54, 1.807) is 0 Å². The van der Waals surface area contributed by atoms with Gasteiger partial charge in [-0.25, -0.2) is 14.6 Å². The van der Waals surface area contributed by atoms with E-state index >= 15 is 0 Å². The third-order valence-corrected chi connectivity index (χ3v) is 3.99. The van der Waals surface area contributed by atoms with Gasteiger partial charge in [0.2, 0.25) is 0 Å². The summed E-state index contributed by atoms with van der Waals surface area (Å²) in [6.45, 7) is 13.9. The molecule has 0 aliphatic carbocycles. The first-order chi connectivity index (χ1) is 11.4. The quantitative estimate of drug-likeness (QED) is 0.690. The lowest BCUT2D eigenvalue weighted by Crippen LogP contribution is -2.33. The van der Waals surface area contributed by atoms with E-state index in [1.807, 2.05) is 35.9 Å². The summed E-state index contributed by atoms with van der Waals surface area (Å²) >= 11 is 0. The van der Waals surface area contributed by atoms with Gasteiger partial charge >= 0.3 is 0 Å². The lowest BCUT2D eigenvalue weighted by Gasteiger charge is -2.26. The van der Waals surface area contributed by atoms with Crippen molar-refractivity contribution in [2.24, 2.45) is 11.8 Å². The van der Waals surface area contributed by atoms with Crippen LogP contribution in [0.25, 0.3) is 22.2 Å². The highest BCUT2D eigenvalue weighted by Gasteiger charge is 2.16. The molecule has 0 atom stereocenters. The Balaban J connectivity index is 2.00. The number of aromatic nitrogens is 4. The maximum Gasteiger partial charge on any atom is 0.178 e. The van der Waals surface area contributed by atoms with Gasteiger partial charge in [0, 0.05) is 13.1 Å². The van der Waals surface area contributed by atoms with Gasteiger partial charge in [0.25, 0.3) is 0 Å². The SMILES string of the molecule is Cc1nn(CN(CC(C)C)CC(C)C)c2nc3ccccc3nc12. The van der Waals surface area contributed by atoms with Crippen molar-refractivity contribution in [2.45, 2.75) is 41.3 Å². The number of nitrogens with zero attached hydrogens (tertiary/aromatic N) is 5. The van der Waals surface area contributed by atoms with Crippen LogP contribution < -0.4 is 0 Å². The van der Waals surface area contributed by atoms with E-state index in [4.69, 9.17) is 15.1 Å². The van der Waals surface area contributed by atoms with Gasteiger partial charge in [-0.1, -0.05) is 39.8 Å². The van der Waals surface area contributed by atoms with E-state index in [9.17, 15) is 0 Å². The number of rotatable bonds is 6. The Morgan fingerprint density at radius 2 is 1.54 bits per heavy atom. The maximum atomic E-state index is 4.82. The van der Waals surface area contributed by atoms with E-state index in [0.717, 1.165) is 47.6 Å². The molecule has 1 aromatic carbocycles. The van der Waals surface area contributed by atoms with Crippen molar-refractivity contribution in [2.75, 3.05) is 13.1 Å². The molecule has 2 heterocycles. The highest BCUT2D eigenvalue weighted by atomic mass is 15.4. The molecule has 3 rings (SSSR count). The van der Waals surface area contributed by atoms with E-state index in [0.29, 0.717) is 11.8 Å². The molecule has 24 heavy (non-hydrogen) atoms. The van der Waals surface area contributed by atoms with Crippen LogP contribution in [0, 0.1) is 18.8 Å². The van der Waals surface area contributed by atoms with Gasteiger partial charge in [-0.3, -0.25) is 4.90 Å². The van der Waals surface area contributed by atoms with Gasteiger partial charge in [0.15, 0.2) is 5.65 Å². The van der Waals surface area contributed by atoms with Gasteiger partial charge in [-0.05, 0) is 30.9 Å². The largest absolute Gasteiger partial charge is 0.284 e. The number of hydrogen-bond donors (Lipinski definition) is 0. The van der Waals surface area contributed by atoms with Crippen molar-refractivity contribution in [3.63, 3.8) is 0 Å². The highest BCUT2D eigenvalue weighted by molar-refractivity contribution is 5.85. The average Bonchev–Trinajstić information content (AvgIpc) is 2.79. The Labute approximate surface area is 143 Å². The van der Waals surface area contributed by atoms with Crippen LogP contribution in [-0.4, -0.2) is 37.7 Å². The first-order valence-electron chi connectivity index (χ1n) is 8.76. The zero-order chi connectivity index (χ0) is 17.3. The van der Waals surface area contributed by atoms with Crippen LogP contribution in [0.1, 0.15) is 33.4 Å². The minimum Gasteiger partial charge on any atom is -0.284 e. The van der Waals surface area contributed by atoms with Crippen molar-refractivity contribution in [1.29, 1.82) is 0 Å². The van der Waals surface area contributed by atoms with E-state index in [1.165, 1.54) is 0 Å². The number of aryl methyl sites for hydroxylation is 1. The smallest absolute Gasteiger partial charge is 0.178 e. The third-order valence-electron chi connectivity index (χ3n) is 3.99. The minimum atomic E-state index is 0.624. The molecule has 5 heteroatoms. The van der Waals surface area contributed by atoms with Gasteiger partial charge in [0.1, 0.15) is 5.52 Å². The Morgan fingerprint density at radius 1 is 0.958 bits per heavy atom. The first-order valence-corrected chi connectivity index (χ1v) is 8.76. The monoisotopic (exact) mass is 325 g/mol. The molecule has 0 unspecified atom stereocenters. The molecule has 0 amide bonds. The standard InChI is InChI=1S/C19H27N5/c1-13(2)10-23(11-14(3)4)12-24-19-18(15(5)22-24)20-16-8-6-7-9-17(16)21-19/h6-9,13-14H,10-12H2,1-5H3. The number of hydrogen-bond acceptors (Lipinski definition) is 4. The predicted molar refractivity (Wildman–Crippen MR) is 98.8 cm³/mol. The second-order valence-corrected chi connectivity index (χ2v) is 7.43. The normalized spacial score (nSPS) is 12.3. The summed E-state index contributed by atoms with van der Waals surface area (Å²) in [7, 11) is 0. The fourth-order valence-corrected chi connectivity index (χ4v) is 3.20. The van der Waals surface area contributed by atoms with Gasteiger partial charge in [0.05, 0.1) is 23.4 Å². The molecule has 5 nitrogen and oxygen atoms in total. The van der Waals surface area contributed by atoms with Crippen LogP contribution in [0.2, 0.25) is 0 Å². The topological polar surface area (TPSA) is 46.8 Å². The molecule has 0 fully saturated rings. The number of para-hydroxylation sites is 2. The summed E-state index contributed by atoms with van der Waals surface area (Å²) in [5, 5.41) is 4.72. The summed E-state index contributed by atoms with van der Waals surface area (Å²) in [4.78, 5) is 12.0. The zero-order valence-corrected chi connectivity index (χ0v) is 15.3.